The average Bonchev–Trinajstić information content (AvgIpc) is 2.66. The number of rotatable bonds is 7. The zero-order valence-electron chi connectivity index (χ0n) is 15.4. The van der Waals surface area contributed by atoms with Crippen molar-refractivity contribution in [1.29, 1.82) is 0 Å². The smallest absolute Gasteiger partial charge is 0.304 e. The van der Waals surface area contributed by atoms with Crippen LogP contribution in [0.2, 0.25) is 0 Å². The molecule has 1 heterocycles. The first kappa shape index (κ1) is 18.6. The lowest BCUT2D eigenvalue weighted by molar-refractivity contribution is -0.139. The first-order valence-corrected chi connectivity index (χ1v) is 9.35. The molecule has 0 aromatic heterocycles. The van der Waals surface area contributed by atoms with E-state index >= 15 is 0 Å². The molecule has 3 rings (SSSR count). The predicted octanol–water partition coefficient (Wildman–Crippen LogP) is 4.47. The minimum absolute atomic E-state index is 0.0277. The maximum absolute atomic E-state index is 10.8. The summed E-state index contributed by atoms with van der Waals surface area (Å²) in [5.41, 5.74) is 4.83. The van der Waals surface area contributed by atoms with E-state index in [0.29, 0.717) is 13.2 Å². The summed E-state index contributed by atoms with van der Waals surface area (Å²) in [5.74, 6) is -0.749. The van der Waals surface area contributed by atoms with Crippen molar-refractivity contribution in [2.45, 2.75) is 45.4 Å². The minimum Gasteiger partial charge on any atom is -0.481 e. The number of piperidine rings is 1. The molecular weight excluding hydrogens is 326 g/mol. The van der Waals surface area contributed by atoms with Crippen LogP contribution in [-0.2, 0) is 16.1 Å². The fourth-order valence-electron chi connectivity index (χ4n) is 3.38. The summed E-state index contributed by atoms with van der Waals surface area (Å²) in [6.45, 7) is 4.13. The van der Waals surface area contributed by atoms with Crippen LogP contribution in [0.5, 0.6) is 0 Å². The minimum atomic E-state index is -0.749. The van der Waals surface area contributed by atoms with Gasteiger partial charge in [-0.25, -0.2) is 0 Å². The standard InChI is InChI=1S/C22H27NO3/c1-17-5-9-19(10-6-17)20-11-7-18(8-12-20)16-26-21-4-2-3-14-23(21)15-13-22(24)25/h5-12,21H,2-4,13-16H2,1H3,(H,24,25). The molecule has 1 N–H and O–H groups in total. The largest absolute Gasteiger partial charge is 0.481 e. The molecule has 2 aromatic rings. The van der Waals surface area contributed by atoms with Crippen LogP contribution < -0.4 is 0 Å². The zero-order chi connectivity index (χ0) is 18.4. The van der Waals surface area contributed by atoms with E-state index in [1.54, 1.807) is 0 Å². The third kappa shape index (κ3) is 5.16. The summed E-state index contributed by atoms with van der Waals surface area (Å²) < 4.78 is 6.11. The van der Waals surface area contributed by atoms with Gasteiger partial charge in [0.1, 0.15) is 6.23 Å². The van der Waals surface area contributed by atoms with Gasteiger partial charge in [-0.2, -0.15) is 0 Å². The van der Waals surface area contributed by atoms with Crippen LogP contribution in [0.1, 0.15) is 36.8 Å². The number of aryl methyl sites for hydroxylation is 1. The van der Waals surface area contributed by atoms with Crippen LogP contribution in [0.15, 0.2) is 48.5 Å². The van der Waals surface area contributed by atoms with Crippen molar-refractivity contribution in [1.82, 2.24) is 4.90 Å². The monoisotopic (exact) mass is 353 g/mol. The van der Waals surface area contributed by atoms with E-state index < -0.39 is 5.97 Å². The lowest BCUT2D eigenvalue weighted by Crippen LogP contribution is -2.42. The topological polar surface area (TPSA) is 49.8 Å². The number of nitrogens with zero attached hydrogens (tertiary/aromatic N) is 1. The van der Waals surface area contributed by atoms with E-state index in [0.717, 1.165) is 31.4 Å². The van der Waals surface area contributed by atoms with E-state index in [2.05, 4.69) is 60.4 Å². The first-order valence-electron chi connectivity index (χ1n) is 9.35. The molecule has 1 saturated heterocycles. The second-order valence-corrected chi connectivity index (χ2v) is 7.00. The SMILES string of the molecule is Cc1ccc(-c2ccc(COC3CCCCN3CCC(=O)O)cc2)cc1. The number of carbonyl (C=O) groups is 1. The zero-order valence-corrected chi connectivity index (χ0v) is 15.4. The van der Waals surface area contributed by atoms with Crippen molar-refractivity contribution in [2.75, 3.05) is 13.1 Å². The summed E-state index contributed by atoms with van der Waals surface area (Å²) in [6, 6.07) is 17.0. The molecule has 138 valence electrons. The third-order valence-corrected chi connectivity index (χ3v) is 4.95. The number of carboxylic acids is 1. The van der Waals surface area contributed by atoms with Gasteiger partial charge < -0.3 is 9.84 Å². The summed E-state index contributed by atoms with van der Waals surface area (Å²) in [4.78, 5) is 13.0. The molecule has 0 aliphatic carbocycles. The fourth-order valence-corrected chi connectivity index (χ4v) is 3.38. The highest BCUT2D eigenvalue weighted by molar-refractivity contribution is 5.66. The second kappa shape index (κ2) is 8.97. The van der Waals surface area contributed by atoms with E-state index in [1.165, 1.54) is 16.7 Å². The van der Waals surface area contributed by atoms with Gasteiger partial charge in [0, 0.05) is 13.1 Å². The molecule has 1 atom stereocenters. The fraction of sp³-hybridized carbons (Fsp3) is 0.409. The Bertz CT molecular complexity index is 709. The van der Waals surface area contributed by atoms with Gasteiger partial charge in [-0.1, -0.05) is 54.1 Å². The maximum Gasteiger partial charge on any atom is 0.304 e. The normalized spacial score (nSPS) is 18.0. The van der Waals surface area contributed by atoms with Crippen molar-refractivity contribution < 1.29 is 14.6 Å². The molecule has 1 aliphatic rings. The van der Waals surface area contributed by atoms with E-state index in [-0.39, 0.29) is 12.6 Å². The number of hydrogen-bond acceptors (Lipinski definition) is 3. The molecule has 0 radical (unpaired) electrons. The quantitative estimate of drug-likeness (QED) is 0.798. The Labute approximate surface area is 155 Å². The first-order chi connectivity index (χ1) is 12.6. The highest BCUT2D eigenvalue weighted by atomic mass is 16.5. The van der Waals surface area contributed by atoms with Gasteiger partial charge in [-0.15, -0.1) is 0 Å². The highest BCUT2D eigenvalue weighted by Gasteiger charge is 2.23. The third-order valence-electron chi connectivity index (χ3n) is 4.95. The van der Waals surface area contributed by atoms with Crippen LogP contribution in [0.3, 0.4) is 0 Å². The molecule has 1 aliphatic heterocycles. The van der Waals surface area contributed by atoms with Gasteiger partial charge >= 0.3 is 5.97 Å². The van der Waals surface area contributed by atoms with Crippen molar-refractivity contribution in [3.63, 3.8) is 0 Å². The van der Waals surface area contributed by atoms with Crippen molar-refractivity contribution in [3.05, 3.63) is 59.7 Å². The van der Waals surface area contributed by atoms with Crippen molar-refractivity contribution in [3.8, 4) is 11.1 Å². The van der Waals surface area contributed by atoms with Crippen LogP contribution in [0.4, 0.5) is 0 Å². The Hall–Kier alpha value is -2.17. The van der Waals surface area contributed by atoms with Crippen LogP contribution >= 0.6 is 0 Å². The molecule has 26 heavy (non-hydrogen) atoms. The summed E-state index contributed by atoms with van der Waals surface area (Å²) >= 11 is 0. The second-order valence-electron chi connectivity index (χ2n) is 7.00. The molecule has 1 unspecified atom stereocenters. The van der Waals surface area contributed by atoms with E-state index in [9.17, 15) is 4.79 Å². The number of hydrogen-bond donors (Lipinski definition) is 1. The Morgan fingerprint density at radius 2 is 1.73 bits per heavy atom. The molecule has 2 aromatic carbocycles. The molecule has 0 spiro atoms. The molecule has 0 saturated carbocycles. The Morgan fingerprint density at radius 3 is 2.38 bits per heavy atom. The van der Waals surface area contributed by atoms with Crippen molar-refractivity contribution in [2.24, 2.45) is 0 Å². The molecule has 0 amide bonds. The van der Waals surface area contributed by atoms with Gasteiger partial charge in [0.2, 0.25) is 0 Å². The number of aliphatic carboxylic acids is 1. The maximum atomic E-state index is 10.8. The van der Waals surface area contributed by atoms with E-state index in [4.69, 9.17) is 9.84 Å². The average molecular weight is 353 g/mol. The lowest BCUT2D eigenvalue weighted by Gasteiger charge is -2.35. The number of ether oxygens (including phenoxy) is 1. The van der Waals surface area contributed by atoms with Gasteiger partial charge in [0.25, 0.3) is 0 Å². The van der Waals surface area contributed by atoms with Crippen LogP contribution in [-0.4, -0.2) is 35.3 Å². The Morgan fingerprint density at radius 1 is 1.08 bits per heavy atom. The van der Waals surface area contributed by atoms with Gasteiger partial charge in [0.05, 0.1) is 13.0 Å². The summed E-state index contributed by atoms with van der Waals surface area (Å²) in [7, 11) is 0. The molecule has 1 fully saturated rings. The molecule has 4 nitrogen and oxygen atoms in total. The predicted molar refractivity (Wildman–Crippen MR) is 103 cm³/mol. The van der Waals surface area contributed by atoms with Crippen LogP contribution in [0.25, 0.3) is 11.1 Å². The highest BCUT2D eigenvalue weighted by Crippen LogP contribution is 2.22. The number of benzene rings is 2. The van der Waals surface area contributed by atoms with Gasteiger partial charge in [-0.05, 0) is 42.9 Å². The van der Waals surface area contributed by atoms with Gasteiger partial charge in [-0.3, -0.25) is 9.69 Å². The molecule has 4 heteroatoms. The summed E-state index contributed by atoms with van der Waals surface area (Å²) in [5, 5.41) is 8.91. The molecule has 0 bridgehead atoms. The van der Waals surface area contributed by atoms with Crippen molar-refractivity contribution >= 4 is 5.97 Å². The summed E-state index contributed by atoms with van der Waals surface area (Å²) in [6.07, 6.45) is 3.43. The van der Waals surface area contributed by atoms with Gasteiger partial charge in [0.15, 0.2) is 0 Å². The Kier molecular flexibility index (Phi) is 6.42. The van der Waals surface area contributed by atoms with Crippen LogP contribution in [0, 0.1) is 6.92 Å². The molecular formula is C22H27NO3. The van der Waals surface area contributed by atoms with E-state index in [1.807, 2.05) is 0 Å². The Balaban J connectivity index is 1.56. The number of likely N-dealkylation sites (tertiary alicyclic amines) is 1. The lowest BCUT2D eigenvalue weighted by atomic mass is 10.0. The number of carboxylic acid groups (broad SMARTS) is 1.